The number of para-hydroxylation sites is 2. The Hall–Kier alpha value is -1.61. The summed E-state index contributed by atoms with van der Waals surface area (Å²) in [5.74, 6) is 1.40. The van der Waals surface area contributed by atoms with Crippen LogP contribution < -0.4 is 5.32 Å². The van der Waals surface area contributed by atoms with Crippen LogP contribution in [0.5, 0.6) is 0 Å². The number of carbonyl (C=O) groups excluding carboxylic acids is 1. The number of ketones is 1. The molecule has 3 aromatic rings. The molecule has 0 amide bonds. The summed E-state index contributed by atoms with van der Waals surface area (Å²) in [6.45, 7) is 2.72. The highest BCUT2D eigenvalue weighted by atomic mass is 79.9. The van der Waals surface area contributed by atoms with E-state index in [4.69, 9.17) is 4.98 Å². The van der Waals surface area contributed by atoms with Crippen LogP contribution in [0.1, 0.15) is 35.4 Å². The number of piperidine rings is 1. The molecule has 0 bridgehead atoms. The van der Waals surface area contributed by atoms with E-state index >= 15 is 0 Å². The largest absolute Gasteiger partial charge is 0.412 e. The Morgan fingerprint density at radius 1 is 1.07 bits per heavy atom. The van der Waals surface area contributed by atoms with Crippen LogP contribution in [0, 0.1) is 11.7 Å². The van der Waals surface area contributed by atoms with Crippen molar-refractivity contribution in [2.45, 2.75) is 32.2 Å². The molecular formula is C22H28Br2FN3O2. The number of hydrogen-bond donors (Lipinski definition) is 1. The minimum Gasteiger partial charge on any atom is -0.412 e. The zero-order valence-corrected chi connectivity index (χ0v) is 20.1. The molecule has 0 saturated carbocycles. The van der Waals surface area contributed by atoms with Gasteiger partial charge in [-0.3, -0.25) is 4.79 Å². The molecule has 1 aliphatic heterocycles. The second kappa shape index (κ2) is 12.3. The number of Topliss-reactive ketones (excluding diaryl/α,β-unsaturated/α-hetero) is 1. The molecule has 0 unspecified atom stereocenters. The van der Waals surface area contributed by atoms with Gasteiger partial charge in [-0.2, -0.15) is 0 Å². The topological polar surface area (TPSA) is 78.4 Å². The summed E-state index contributed by atoms with van der Waals surface area (Å²) in [5, 5.41) is 3.41. The zero-order chi connectivity index (χ0) is 18.6. The molecule has 3 N–H and O–H groups in total. The fraction of sp³-hybridized carbons (Fsp3) is 0.364. The SMILES string of the molecule is Br.Br.O.O=C(CCn1c(CC2CCNCC2)nc2ccccc21)c1ccc(F)cc1. The maximum atomic E-state index is 13.1. The van der Waals surface area contributed by atoms with E-state index in [1.807, 2.05) is 18.2 Å². The molecule has 0 atom stereocenters. The van der Waals surface area contributed by atoms with Gasteiger partial charge in [0, 0.05) is 24.9 Å². The molecule has 0 aliphatic carbocycles. The quantitative estimate of drug-likeness (QED) is 0.469. The Morgan fingerprint density at radius 2 is 1.73 bits per heavy atom. The summed E-state index contributed by atoms with van der Waals surface area (Å²) >= 11 is 0. The molecule has 2 aromatic carbocycles. The van der Waals surface area contributed by atoms with Crippen LogP contribution in [0.15, 0.2) is 48.5 Å². The Labute approximate surface area is 196 Å². The molecule has 1 fully saturated rings. The molecule has 4 rings (SSSR count). The van der Waals surface area contributed by atoms with E-state index in [0.717, 1.165) is 49.2 Å². The Balaban J connectivity index is 0.00000150. The van der Waals surface area contributed by atoms with Gasteiger partial charge < -0.3 is 15.4 Å². The first-order valence-electron chi connectivity index (χ1n) is 9.64. The van der Waals surface area contributed by atoms with Crippen molar-refractivity contribution in [3.8, 4) is 0 Å². The molecule has 30 heavy (non-hydrogen) atoms. The molecular weight excluding hydrogens is 517 g/mol. The highest BCUT2D eigenvalue weighted by molar-refractivity contribution is 8.93. The van der Waals surface area contributed by atoms with E-state index in [1.165, 1.54) is 12.1 Å². The van der Waals surface area contributed by atoms with Crippen molar-refractivity contribution < 1.29 is 14.7 Å². The summed E-state index contributed by atoms with van der Waals surface area (Å²) in [6.07, 6.45) is 3.65. The molecule has 8 heteroatoms. The van der Waals surface area contributed by atoms with E-state index in [2.05, 4.69) is 16.0 Å². The van der Waals surface area contributed by atoms with Crippen LogP contribution in [-0.2, 0) is 13.0 Å². The number of hydrogen-bond acceptors (Lipinski definition) is 3. The van der Waals surface area contributed by atoms with Gasteiger partial charge in [-0.25, -0.2) is 9.37 Å². The van der Waals surface area contributed by atoms with Crippen molar-refractivity contribution in [2.75, 3.05) is 13.1 Å². The van der Waals surface area contributed by atoms with Crippen molar-refractivity contribution in [3.05, 3.63) is 65.7 Å². The number of rotatable bonds is 6. The summed E-state index contributed by atoms with van der Waals surface area (Å²) in [5.41, 5.74) is 2.62. The first-order valence-corrected chi connectivity index (χ1v) is 9.64. The molecule has 0 radical (unpaired) electrons. The van der Waals surface area contributed by atoms with Gasteiger partial charge in [0.2, 0.25) is 0 Å². The smallest absolute Gasteiger partial charge is 0.164 e. The number of halogens is 3. The molecule has 1 saturated heterocycles. The van der Waals surface area contributed by atoms with Gasteiger partial charge in [0.05, 0.1) is 11.0 Å². The van der Waals surface area contributed by atoms with Gasteiger partial charge in [0.25, 0.3) is 0 Å². The zero-order valence-electron chi connectivity index (χ0n) is 16.6. The van der Waals surface area contributed by atoms with Crippen LogP contribution in [-0.4, -0.2) is 33.9 Å². The van der Waals surface area contributed by atoms with Gasteiger partial charge in [0.15, 0.2) is 5.78 Å². The molecule has 0 spiro atoms. The fourth-order valence-electron chi connectivity index (χ4n) is 3.87. The summed E-state index contributed by atoms with van der Waals surface area (Å²) in [7, 11) is 0. The van der Waals surface area contributed by atoms with E-state index in [1.54, 1.807) is 12.1 Å². The second-order valence-electron chi connectivity index (χ2n) is 7.25. The maximum absolute atomic E-state index is 13.1. The van der Waals surface area contributed by atoms with Crippen molar-refractivity contribution in [1.82, 2.24) is 14.9 Å². The molecule has 1 aromatic heterocycles. The van der Waals surface area contributed by atoms with Crippen molar-refractivity contribution >= 4 is 50.8 Å². The summed E-state index contributed by atoms with van der Waals surface area (Å²) in [6, 6.07) is 13.9. The third-order valence-electron chi connectivity index (χ3n) is 5.39. The van der Waals surface area contributed by atoms with Crippen LogP contribution in [0.25, 0.3) is 11.0 Å². The van der Waals surface area contributed by atoms with E-state index in [0.29, 0.717) is 24.4 Å². The normalized spacial score (nSPS) is 13.8. The van der Waals surface area contributed by atoms with E-state index in [9.17, 15) is 9.18 Å². The van der Waals surface area contributed by atoms with Gasteiger partial charge in [-0.1, -0.05) is 12.1 Å². The van der Waals surface area contributed by atoms with Gasteiger partial charge in [-0.05, 0) is 68.2 Å². The molecule has 1 aliphatic rings. The van der Waals surface area contributed by atoms with Crippen LogP contribution in [0.4, 0.5) is 4.39 Å². The first kappa shape index (κ1) is 26.4. The third kappa shape index (κ3) is 6.20. The van der Waals surface area contributed by atoms with Gasteiger partial charge >= 0.3 is 0 Å². The van der Waals surface area contributed by atoms with Gasteiger partial charge in [-0.15, -0.1) is 34.0 Å². The Morgan fingerprint density at radius 3 is 2.43 bits per heavy atom. The standard InChI is InChI=1S/C22H24FN3O.2BrH.H2O/c23-18-7-5-17(6-8-18)21(27)11-14-26-20-4-2-1-3-19(20)25-22(26)15-16-9-12-24-13-10-16;;;/h1-8,16,24H,9-15H2;2*1H;1H2. The van der Waals surface area contributed by atoms with Crippen molar-refractivity contribution in [2.24, 2.45) is 5.92 Å². The predicted molar refractivity (Wildman–Crippen MR) is 129 cm³/mol. The highest BCUT2D eigenvalue weighted by Crippen LogP contribution is 2.23. The second-order valence-corrected chi connectivity index (χ2v) is 7.25. The lowest BCUT2D eigenvalue weighted by molar-refractivity contribution is 0.0977. The summed E-state index contributed by atoms with van der Waals surface area (Å²) < 4.78 is 15.3. The Kier molecular flexibility index (Phi) is 10.8. The number of fused-ring (bicyclic) bond motifs is 1. The summed E-state index contributed by atoms with van der Waals surface area (Å²) in [4.78, 5) is 17.4. The minimum absolute atomic E-state index is 0. The number of aromatic nitrogens is 2. The lowest BCUT2D eigenvalue weighted by Crippen LogP contribution is -2.29. The van der Waals surface area contributed by atoms with Crippen LogP contribution in [0.3, 0.4) is 0 Å². The van der Waals surface area contributed by atoms with Crippen molar-refractivity contribution in [3.63, 3.8) is 0 Å². The monoisotopic (exact) mass is 543 g/mol. The van der Waals surface area contributed by atoms with Crippen molar-refractivity contribution in [1.29, 1.82) is 0 Å². The average molecular weight is 545 g/mol. The maximum Gasteiger partial charge on any atom is 0.164 e. The molecule has 164 valence electrons. The number of benzene rings is 2. The molecule has 5 nitrogen and oxygen atoms in total. The number of aryl methyl sites for hydroxylation is 1. The fourth-order valence-corrected chi connectivity index (χ4v) is 3.87. The van der Waals surface area contributed by atoms with Crippen LogP contribution in [0.2, 0.25) is 0 Å². The highest BCUT2D eigenvalue weighted by Gasteiger charge is 2.19. The number of nitrogens with zero attached hydrogens (tertiary/aromatic N) is 2. The number of imidazole rings is 1. The van der Waals surface area contributed by atoms with Gasteiger partial charge in [0.1, 0.15) is 11.6 Å². The number of carbonyl (C=O) groups is 1. The first-order chi connectivity index (χ1) is 13.2. The predicted octanol–water partition coefficient (Wildman–Crippen LogP) is 4.32. The van der Waals surface area contributed by atoms with E-state index in [-0.39, 0.29) is 51.0 Å². The number of nitrogens with one attached hydrogen (secondary N) is 1. The third-order valence-corrected chi connectivity index (χ3v) is 5.39. The Bertz CT molecular complexity index is 941. The average Bonchev–Trinajstić information content (AvgIpc) is 3.04. The lowest BCUT2D eigenvalue weighted by Gasteiger charge is -2.22. The lowest BCUT2D eigenvalue weighted by atomic mass is 9.94. The van der Waals surface area contributed by atoms with Crippen LogP contribution >= 0.6 is 34.0 Å². The molecule has 2 heterocycles. The van der Waals surface area contributed by atoms with E-state index < -0.39 is 0 Å². The minimum atomic E-state index is -0.323.